The van der Waals surface area contributed by atoms with Gasteiger partial charge >= 0.3 is 5.63 Å². The van der Waals surface area contributed by atoms with E-state index >= 15 is 0 Å². The zero-order valence-corrected chi connectivity index (χ0v) is 11.6. The highest BCUT2D eigenvalue weighted by molar-refractivity contribution is 9.10. The van der Waals surface area contributed by atoms with Crippen LogP contribution in [0, 0.1) is 0 Å². The Morgan fingerprint density at radius 3 is 2.63 bits per heavy atom. The number of ether oxygens (including phenoxy) is 1. The summed E-state index contributed by atoms with van der Waals surface area (Å²) in [6.45, 7) is 0. The lowest BCUT2D eigenvalue weighted by atomic mass is 10.1. The lowest BCUT2D eigenvalue weighted by Gasteiger charge is -2.04. The summed E-state index contributed by atoms with van der Waals surface area (Å²) in [4.78, 5) is 11.6. The van der Waals surface area contributed by atoms with Gasteiger partial charge in [0, 0.05) is 23.1 Å². The Balaban J connectivity index is 2.32. The van der Waals surface area contributed by atoms with Crippen molar-refractivity contribution >= 4 is 26.9 Å². The van der Waals surface area contributed by atoms with Crippen molar-refractivity contribution in [3.63, 3.8) is 0 Å². The van der Waals surface area contributed by atoms with Gasteiger partial charge in [-0.25, -0.2) is 4.79 Å². The minimum Gasteiger partial charge on any atom is -0.497 e. The normalized spacial score (nSPS) is 10.8. The molecule has 2 heterocycles. The Bertz CT molecular complexity index is 801. The first-order valence-corrected chi connectivity index (χ1v) is 6.34. The Hall–Kier alpha value is -2.01. The van der Waals surface area contributed by atoms with Crippen LogP contribution in [0.4, 0.5) is 0 Å². The second-order valence-corrected chi connectivity index (χ2v) is 4.73. The molecule has 4 nitrogen and oxygen atoms in total. The van der Waals surface area contributed by atoms with Crippen molar-refractivity contribution in [3.05, 3.63) is 51.5 Å². The number of hydrogen-bond acceptors (Lipinski definition) is 4. The minimum absolute atomic E-state index is 0.428. The molecule has 96 valence electrons. The van der Waals surface area contributed by atoms with Gasteiger partial charge in [-0.1, -0.05) is 0 Å². The fourth-order valence-electron chi connectivity index (χ4n) is 1.93. The third-order valence-electron chi connectivity index (χ3n) is 2.79. The number of hydrogen-bond donors (Lipinski definition) is 0. The van der Waals surface area contributed by atoms with E-state index in [1.165, 1.54) is 6.07 Å². The van der Waals surface area contributed by atoms with Gasteiger partial charge in [0.2, 0.25) is 0 Å². The van der Waals surface area contributed by atoms with E-state index < -0.39 is 5.63 Å². The van der Waals surface area contributed by atoms with Gasteiger partial charge in [-0.15, -0.1) is 0 Å². The smallest absolute Gasteiger partial charge is 0.336 e. The Kier molecular flexibility index (Phi) is 2.91. The molecule has 0 spiro atoms. The highest BCUT2D eigenvalue weighted by Gasteiger charge is 2.11. The first-order chi connectivity index (χ1) is 9.17. The summed E-state index contributed by atoms with van der Waals surface area (Å²) >= 11 is 3.25. The van der Waals surface area contributed by atoms with E-state index in [-0.39, 0.29) is 0 Å². The highest BCUT2D eigenvalue weighted by Crippen LogP contribution is 2.31. The maximum atomic E-state index is 11.6. The summed E-state index contributed by atoms with van der Waals surface area (Å²) in [6, 6.07) is 10.3. The zero-order valence-electron chi connectivity index (χ0n) is 9.98. The Labute approximate surface area is 116 Å². The van der Waals surface area contributed by atoms with Crippen molar-refractivity contribution in [1.82, 2.24) is 0 Å². The van der Waals surface area contributed by atoms with Crippen molar-refractivity contribution in [2.75, 3.05) is 7.11 Å². The van der Waals surface area contributed by atoms with Crippen molar-refractivity contribution in [2.24, 2.45) is 0 Å². The zero-order chi connectivity index (χ0) is 13.4. The number of methoxy groups -OCH3 is 1. The molecule has 0 aliphatic heterocycles. The van der Waals surface area contributed by atoms with Gasteiger partial charge in [0.1, 0.15) is 17.1 Å². The van der Waals surface area contributed by atoms with Crippen LogP contribution in [-0.4, -0.2) is 7.11 Å². The molecule has 5 heteroatoms. The maximum absolute atomic E-state index is 11.6. The van der Waals surface area contributed by atoms with Gasteiger partial charge in [-0.3, -0.25) is 0 Å². The van der Waals surface area contributed by atoms with Gasteiger partial charge < -0.3 is 13.6 Å². The molecule has 19 heavy (non-hydrogen) atoms. The van der Waals surface area contributed by atoms with Crippen molar-refractivity contribution < 1.29 is 13.6 Å². The highest BCUT2D eigenvalue weighted by atomic mass is 79.9. The van der Waals surface area contributed by atoms with E-state index in [1.54, 1.807) is 25.3 Å². The summed E-state index contributed by atoms with van der Waals surface area (Å²) in [7, 11) is 1.56. The molecule has 0 N–H and O–H groups in total. The van der Waals surface area contributed by atoms with E-state index in [9.17, 15) is 4.79 Å². The molecule has 3 rings (SSSR count). The van der Waals surface area contributed by atoms with Crippen LogP contribution in [0.25, 0.3) is 22.3 Å². The molecule has 3 aromatic rings. The van der Waals surface area contributed by atoms with Crippen LogP contribution < -0.4 is 10.4 Å². The molecule has 0 amide bonds. The maximum Gasteiger partial charge on any atom is 0.336 e. The van der Waals surface area contributed by atoms with E-state index in [1.807, 2.05) is 12.1 Å². The van der Waals surface area contributed by atoms with Crippen LogP contribution in [0.3, 0.4) is 0 Å². The summed E-state index contributed by atoms with van der Waals surface area (Å²) in [5.41, 5.74) is 0.734. The molecule has 0 radical (unpaired) electrons. The molecule has 0 saturated carbocycles. The fraction of sp³-hybridized carbons (Fsp3) is 0.0714. The van der Waals surface area contributed by atoms with Gasteiger partial charge in [-0.05, 0) is 40.2 Å². The van der Waals surface area contributed by atoms with E-state index in [0.717, 1.165) is 5.39 Å². The predicted octanol–water partition coefficient (Wildman–Crippen LogP) is 3.82. The van der Waals surface area contributed by atoms with Crippen molar-refractivity contribution in [2.45, 2.75) is 0 Å². The van der Waals surface area contributed by atoms with Gasteiger partial charge in [0.15, 0.2) is 4.67 Å². The molecule has 0 aliphatic carbocycles. The fourth-order valence-corrected chi connectivity index (χ4v) is 2.24. The first kappa shape index (κ1) is 12.0. The summed E-state index contributed by atoms with van der Waals surface area (Å²) in [5.74, 6) is 1.24. The molecule has 0 saturated heterocycles. The van der Waals surface area contributed by atoms with Crippen molar-refractivity contribution in [1.29, 1.82) is 0 Å². The van der Waals surface area contributed by atoms with E-state index in [2.05, 4.69) is 15.9 Å². The summed E-state index contributed by atoms with van der Waals surface area (Å²) < 4.78 is 16.4. The molecular formula is C14H9BrO4. The lowest BCUT2D eigenvalue weighted by Crippen LogP contribution is -1.98. The SMILES string of the molecule is COc1ccc2c(-c3ccc(Br)o3)cc(=O)oc2c1. The molecule has 1 aromatic carbocycles. The number of rotatable bonds is 2. The van der Waals surface area contributed by atoms with E-state index in [0.29, 0.717) is 27.3 Å². The van der Waals surface area contributed by atoms with Gasteiger partial charge in [0.05, 0.1) is 7.11 Å². The molecule has 0 aliphatic rings. The molecule has 0 unspecified atom stereocenters. The molecule has 0 atom stereocenters. The predicted molar refractivity (Wildman–Crippen MR) is 74.4 cm³/mol. The second-order valence-electron chi connectivity index (χ2n) is 3.94. The average molecular weight is 321 g/mol. The van der Waals surface area contributed by atoms with Crippen LogP contribution in [0.2, 0.25) is 0 Å². The molecule has 0 bridgehead atoms. The summed E-state index contributed by atoms with van der Waals surface area (Å²) in [6.07, 6.45) is 0. The molecule has 2 aromatic heterocycles. The number of furan rings is 1. The molecule has 0 fully saturated rings. The van der Waals surface area contributed by atoms with Gasteiger partial charge in [0.25, 0.3) is 0 Å². The van der Waals surface area contributed by atoms with Crippen LogP contribution >= 0.6 is 15.9 Å². The topological polar surface area (TPSA) is 52.6 Å². The standard InChI is InChI=1S/C14H9BrO4/c1-17-8-2-3-9-10(11-4-5-13(15)18-11)7-14(16)19-12(9)6-8/h2-7H,1H3. The third kappa shape index (κ3) is 2.17. The number of halogens is 1. The lowest BCUT2D eigenvalue weighted by molar-refractivity contribution is 0.414. The number of benzene rings is 1. The second kappa shape index (κ2) is 4.59. The van der Waals surface area contributed by atoms with Crippen LogP contribution in [0.5, 0.6) is 5.75 Å². The first-order valence-electron chi connectivity index (χ1n) is 5.55. The van der Waals surface area contributed by atoms with Crippen LogP contribution in [-0.2, 0) is 0 Å². The Morgan fingerprint density at radius 2 is 1.95 bits per heavy atom. The number of fused-ring (bicyclic) bond motifs is 1. The molecular weight excluding hydrogens is 312 g/mol. The minimum atomic E-state index is -0.428. The van der Waals surface area contributed by atoms with E-state index in [4.69, 9.17) is 13.6 Å². The third-order valence-corrected chi connectivity index (χ3v) is 3.22. The summed E-state index contributed by atoms with van der Waals surface area (Å²) in [5, 5.41) is 0.794. The largest absolute Gasteiger partial charge is 0.497 e. The monoisotopic (exact) mass is 320 g/mol. The van der Waals surface area contributed by atoms with Crippen LogP contribution in [0.15, 0.2) is 54.7 Å². The quantitative estimate of drug-likeness (QED) is 0.673. The van der Waals surface area contributed by atoms with Gasteiger partial charge in [-0.2, -0.15) is 0 Å². The van der Waals surface area contributed by atoms with Crippen LogP contribution in [0.1, 0.15) is 0 Å². The Morgan fingerprint density at radius 1 is 1.11 bits per heavy atom. The average Bonchev–Trinajstić information content (AvgIpc) is 2.83. The van der Waals surface area contributed by atoms with Crippen molar-refractivity contribution in [3.8, 4) is 17.1 Å².